The monoisotopic (exact) mass is 254 g/mol. The summed E-state index contributed by atoms with van der Waals surface area (Å²) in [5, 5.41) is 4.35. The van der Waals surface area contributed by atoms with Gasteiger partial charge in [0.2, 0.25) is 0 Å². The van der Waals surface area contributed by atoms with Gasteiger partial charge in [0.05, 0.1) is 17.8 Å². The van der Waals surface area contributed by atoms with Gasteiger partial charge in [-0.1, -0.05) is 20.8 Å². The molecule has 5 nitrogen and oxygen atoms in total. The maximum atomic E-state index is 5.69. The third kappa shape index (κ3) is 3.54. The molecular weight excluding hydrogens is 228 g/mol. The van der Waals surface area contributed by atoms with Crippen LogP contribution in [0, 0.1) is 12.3 Å². The van der Waals surface area contributed by atoms with E-state index in [1.54, 1.807) is 7.11 Å². The topological polar surface area (TPSA) is 65.1 Å². The SMILES string of the molecule is COC(C(Cc1cc(C)nn1C)NN)C(C)(C)C. The molecule has 2 atom stereocenters. The number of ether oxygens (including phenoxy) is 1. The van der Waals surface area contributed by atoms with E-state index in [9.17, 15) is 0 Å². The molecule has 0 aliphatic heterocycles. The molecule has 2 unspecified atom stereocenters. The number of methoxy groups -OCH3 is 1. The van der Waals surface area contributed by atoms with Crippen molar-refractivity contribution < 1.29 is 4.74 Å². The Balaban J connectivity index is 2.87. The molecule has 0 aliphatic rings. The summed E-state index contributed by atoms with van der Waals surface area (Å²) in [4.78, 5) is 0. The van der Waals surface area contributed by atoms with E-state index < -0.39 is 0 Å². The Morgan fingerprint density at radius 2 is 2.11 bits per heavy atom. The lowest BCUT2D eigenvalue weighted by Crippen LogP contribution is -2.51. The number of aromatic nitrogens is 2. The summed E-state index contributed by atoms with van der Waals surface area (Å²) in [6, 6.07) is 2.14. The Kier molecular flexibility index (Phi) is 4.90. The Hall–Kier alpha value is -0.910. The van der Waals surface area contributed by atoms with Gasteiger partial charge in [0.1, 0.15) is 0 Å². The number of aryl methyl sites for hydroxylation is 2. The molecule has 0 fully saturated rings. The fourth-order valence-electron chi connectivity index (χ4n) is 2.46. The third-order valence-corrected chi connectivity index (χ3v) is 3.21. The van der Waals surface area contributed by atoms with Crippen LogP contribution in [0.2, 0.25) is 0 Å². The average Bonchev–Trinajstić information content (AvgIpc) is 2.55. The molecule has 0 saturated carbocycles. The van der Waals surface area contributed by atoms with Gasteiger partial charge in [-0.3, -0.25) is 16.0 Å². The number of hydrogen-bond donors (Lipinski definition) is 2. The van der Waals surface area contributed by atoms with Gasteiger partial charge in [-0.15, -0.1) is 0 Å². The van der Waals surface area contributed by atoms with E-state index >= 15 is 0 Å². The van der Waals surface area contributed by atoms with E-state index in [0.717, 1.165) is 17.8 Å². The number of nitrogens with two attached hydrogens (primary N) is 1. The molecule has 1 rings (SSSR count). The quantitative estimate of drug-likeness (QED) is 0.611. The zero-order valence-corrected chi connectivity index (χ0v) is 12.3. The van der Waals surface area contributed by atoms with Crippen LogP contribution in [0.4, 0.5) is 0 Å². The van der Waals surface area contributed by atoms with E-state index in [1.165, 1.54) is 0 Å². The fourth-order valence-corrected chi connectivity index (χ4v) is 2.46. The molecule has 5 heteroatoms. The van der Waals surface area contributed by atoms with Gasteiger partial charge in [-0.25, -0.2) is 0 Å². The average molecular weight is 254 g/mol. The molecule has 0 amide bonds. The molecule has 1 aromatic rings. The summed E-state index contributed by atoms with van der Waals surface area (Å²) in [5.74, 6) is 5.69. The smallest absolute Gasteiger partial charge is 0.0789 e. The van der Waals surface area contributed by atoms with Crippen molar-refractivity contribution in [3.8, 4) is 0 Å². The van der Waals surface area contributed by atoms with E-state index in [2.05, 4.69) is 37.4 Å². The van der Waals surface area contributed by atoms with Crippen LogP contribution in [-0.2, 0) is 18.2 Å². The van der Waals surface area contributed by atoms with Gasteiger partial charge in [0.25, 0.3) is 0 Å². The van der Waals surface area contributed by atoms with Crippen LogP contribution in [0.5, 0.6) is 0 Å². The number of hydrazine groups is 1. The third-order valence-electron chi connectivity index (χ3n) is 3.21. The summed E-state index contributed by atoms with van der Waals surface area (Å²) in [7, 11) is 3.68. The van der Waals surface area contributed by atoms with Crippen LogP contribution >= 0.6 is 0 Å². The van der Waals surface area contributed by atoms with E-state index in [-0.39, 0.29) is 17.6 Å². The molecule has 1 heterocycles. The van der Waals surface area contributed by atoms with E-state index in [1.807, 2.05) is 18.7 Å². The van der Waals surface area contributed by atoms with Crippen molar-refractivity contribution >= 4 is 0 Å². The molecule has 0 aromatic carbocycles. The summed E-state index contributed by atoms with van der Waals surface area (Å²) < 4.78 is 7.51. The minimum Gasteiger partial charge on any atom is -0.379 e. The zero-order chi connectivity index (χ0) is 13.9. The van der Waals surface area contributed by atoms with Gasteiger partial charge >= 0.3 is 0 Å². The van der Waals surface area contributed by atoms with Crippen LogP contribution in [0.3, 0.4) is 0 Å². The van der Waals surface area contributed by atoms with Crippen LogP contribution in [-0.4, -0.2) is 29.0 Å². The highest BCUT2D eigenvalue weighted by Gasteiger charge is 2.32. The first-order chi connectivity index (χ1) is 8.29. The molecule has 0 saturated heterocycles. The van der Waals surface area contributed by atoms with Crippen molar-refractivity contribution in [3.63, 3.8) is 0 Å². The largest absolute Gasteiger partial charge is 0.379 e. The second kappa shape index (κ2) is 5.82. The first kappa shape index (κ1) is 15.1. The predicted octanol–water partition coefficient (Wildman–Crippen LogP) is 1.16. The predicted molar refractivity (Wildman–Crippen MR) is 73.0 cm³/mol. The molecule has 0 bridgehead atoms. The van der Waals surface area contributed by atoms with E-state index in [4.69, 9.17) is 10.6 Å². The normalized spacial score (nSPS) is 15.7. The fraction of sp³-hybridized carbons (Fsp3) is 0.769. The Bertz CT molecular complexity index is 381. The standard InChI is InChI=1S/C13H26N4O/c1-9-7-10(17(5)16-9)8-11(15-14)12(18-6)13(2,3)4/h7,11-12,15H,8,14H2,1-6H3. The number of nitrogens with zero attached hydrogens (tertiary/aromatic N) is 2. The molecule has 1 aromatic heterocycles. The first-order valence-electron chi connectivity index (χ1n) is 6.28. The van der Waals surface area contributed by atoms with Crippen LogP contribution in [0.1, 0.15) is 32.2 Å². The van der Waals surface area contributed by atoms with Crippen molar-refractivity contribution in [3.05, 3.63) is 17.5 Å². The van der Waals surface area contributed by atoms with Crippen LogP contribution < -0.4 is 11.3 Å². The summed E-state index contributed by atoms with van der Waals surface area (Å²) in [6.45, 7) is 8.45. The number of rotatable bonds is 5. The summed E-state index contributed by atoms with van der Waals surface area (Å²) >= 11 is 0. The molecule has 0 radical (unpaired) electrons. The molecule has 18 heavy (non-hydrogen) atoms. The maximum Gasteiger partial charge on any atom is 0.0789 e. The minimum atomic E-state index is 0.0272. The highest BCUT2D eigenvalue weighted by molar-refractivity contribution is 5.11. The lowest BCUT2D eigenvalue weighted by molar-refractivity contribution is -0.0114. The van der Waals surface area contributed by atoms with Crippen LogP contribution in [0.15, 0.2) is 6.07 Å². The maximum absolute atomic E-state index is 5.69. The van der Waals surface area contributed by atoms with Crippen LogP contribution in [0.25, 0.3) is 0 Å². The number of nitrogens with one attached hydrogen (secondary N) is 1. The van der Waals surface area contributed by atoms with E-state index in [0.29, 0.717) is 0 Å². The van der Waals surface area contributed by atoms with Crippen molar-refractivity contribution in [1.82, 2.24) is 15.2 Å². The highest BCUT2D eigenvalue weighted by Crippen LogP contribution is 2.26. The van der Waals surface area contributed by atoms with Gasteiger partial charge in [-0.2, -0.15) is 5.10 Å². The van der Waals surface area contributed by atoms with Crippen molar-refractivity contribution in [2.75, 3.05) is 7.11 Å². The summed E-state index contributed by atoms with van der Waals surface area (Å²) in [6.07, 6.45) is 0.835. The molecule has 0 spiro atoms. The highest BCUT2D eigenvalue weighted by atomic mass is 16.5. The molecule has 104 valence electrons. The molecular formula is C13H26N4O. The zero-order valence-electron chi connectivity index (χ0n) is 12.3. The Morgan fingerprint density at radius 3 is 2.44 bits per heavy atom. The van der Waals surface area contributed by atoms with Gasteiger partial charge < -0.3 is 4.74 Å². The molecule has 3 N–H and O–H groups in total. The Morgan fingerprint density at radius 1 is 1.50 bits per heavy atom. The van der Waals surface area contributed by atoms with Crippen molar-refractivity contribution in [2.45, 2.75) is 46.3 Å². The lowest BCUT2D eigenvalue weighted by Gasteiger charge is -2.35. The second-order valence-corrected chi connectivity index (χ2v) is 5.90. The van der Waals surface area contributed by atoms with Crippen molar-refractivity contribution in [2.24, 2.45) is 18.3 Å². The van der Waals surface area contributed by atoms with Gasteiger partial charge in [0, 0.05) is 26.3 Å². The minimum absolute atomic E-state index is 0.0272. The van der Waals surface area contributed by atoms with Gasteiger partial charge in [-0.05, 0) is 18.4 Å². The summed E-state index contributed by atoms with van der Waals surface area (Å²) in [5.41, 5.74) is 5.08. The van der Waals surface area contributed by atoms with Crippen molar-refractivity contribution in [1.29, 1.82) is 0 Å². The first-order valence-corrected chi connectivity index (χ1v) is 6.28. The second-order valence-electron chi connectivity index (χ2n) is 5.90. The number of hydrogen-bond acceptors (Lipinski definition) is 4. The molecule has 0 aliphatic carbocycles. The van der Waals surface area contributed by atoms with Gasteiger partial charge in [0.15, 0.2) is 0 Å². The lowest BCUT2D eigenvalue weighted by atomic mass is 9.83. The Labute approximate surface area is 110 Å².